The van der Waals surface area contributed by atoms with Gasteiger partial charge in [-0.15, -0.1) is 0 Å². The van der Waals surface area contributed by atoms with E-state index < -0.39 is 0 Å². The fourth-order valence-electron chi connectivity index (χ4n) is 6.26. The Labute approximate surface area is 128 Å². The highest BCUT2D eigenvalue weighted by Gasteiger charge is 2.51. The molecule has 21 heavy (non-hydrogen) atoms. The third kappa shape index (κ3) is 1.92. The summed E-state index contributed by atoms with van der Waals surface area (Å²) in [5.41, 5.74) is 5.53. The zero-order valence-corrected chi connectivity index (χ0v) is 13.6. The van der Waals surface area contributed by atoms with Gasteiger partial charge in [-0.05, 0) is 68.1 Å². The quantitative estimate of drug-likeness (QED) is 0.603. The molecule has 0 bridgehead atoms. The van der Waals surface area contributed by atoms with Gasteiger partial charge in [-0.1, -0.05) is 36.6 Å². The fraction of sp³-hybridized carbons (Fsp3) is 0.750. The summed E-state index contributed by atoms with van der Waals surface area (Å²) in [5, 5.41) is 0. The molecular formula is C20H28O. The third-order valence-corrected chi connectivity index (χ3v) is 7.32. The summed E-state index contributed by atoms with van der Waals surface area (Å²) in [5.74, 6) is 3.10. The number of Topliss-reactive ketones (excluding diaryl/α,β-unsaturated/α-hetero) is 1. The largest absolute Gasteiger partial charge is 0.299 e. The number of hydrogen-bond donors (Lipinski definition) is 0. The normalized spacial score (nSPS) is 42.3. The van der Waals surface area contributed by atoms with E-state index in [4.69, 9.17) is 0 Å². The molecule has 0 N–H and O–H groups in total. The lowest BCUT2D eigenvalue weighted by molar-refractivity contribution is -0.119. The molecule has 1 nitrogen and oxygen atoms in total. The average molecular weight is 284 g/mol. The zero-order valence-electron chi connectivity index (χ0n) is 13.6. The van der Waals surface area contributed by atoms with Crippen LogP contribution in [-0.2, 0) is 4.79 Å². The lowest BCUT2D eigenvalue weighted by Crippen LogP contribution is -2.43. The fourth-order valence-corrected chi connectivity index (χ4v) is 6.26. The highest BCUT2D eigenvalue weighted by Crippen LogP contribution is 2.61. The Balaban J connectivity index is 1.64. The van der Waals surface area contributed by atoms with Crippen molar-refractivity contribution in [2.45, 2.75) is 71.6 Å². The Bertz CT molecular complexity index is 538. The second kappa shape index (κ2) is 4.83. The number of allylic oxidation sites excluding steroid dienone is 4. The van der Waals surface area contributed by atoms with E-state index >= 15 is 0 Å². The van der Waals surface area contributed by atoms with Crippen molar-refractivity contribution in [1.82, 2.24) is 0 Å². The standard InChI is InChI=1S/C20H28O/c1-3-14-5-9-19-18-7-4-13-12-15(21)6-8-16(13)17(18)10-11-20(14,19)2/h5,17-19H,3-4,6-12H2,1-2H3. The maximum atomic E-state index is 11.8. The first-order chi connectivity index (χ1) is 10.1. The van der Waals surface area contributed by atoms with Crippen molar-refractivity contribution in [2.24, 2.45) is 23.2 Å². The van der Waals surface area contributed by atoms with Crippen molar-refractivity contribution in [3.05, 3.63) is 22.8 Å². The van der Waals surface area contributed by atoms with Gasteiger partial charge in [-0.3, -0.25) is 4.79 Å². The predicted octanol–water partition coefficient (Wildman–Crippen LogP) is 5.22. The number of carbonyl (C=O) groups is 1. The molecule has 0 aromatic carbocycles. The smallest absolute Gasteiger partial charge is 0.137 e. The van der Waals surface area contributed by atoms with Crippen LogP contribution in [0, 0.1) is 23.2 Å². The van der Waals surface area contributed by atoms with E-state index in [1.807, 2.05) is 0 Å². The van der Waals surface area contributed by atoms with Crippen molar-refractivity contribution < 1.29 is 4.79 Å². The summed E-state index contributed by atoms with van der Waals surface area (Å²) in [6, 6.07) is 0. The van der Waals surface area contributed by atoms with Crippen LogP contribution in [0.1, 0.15) is 71.6 Å². The SMILES string of the molecule is CCC1=CCC2C3CCC4=C(CCC(=O)C4)C3CCC12C. The Kier molecular flexibility index (Phi) is 3.17. The van der Waals surface area contributed by atoms with Gasteiger partial charge in [0, 0.05) is 12.8 Å². The van der Waals surface area contributed by atoms with Crippen molar-refractivity contribution in [3.8, 4) is 0 Å². The van der Waals surface area contributed by atoms with E-state index in [2.05, 4.69) is 19.9 Å². The molecule has 4 atom stereocenters. The molecule has 4 aliphatic rings. The van der Waals surface area contributed by atoms with Crippen LogP contribution in [0.4, 0.5) is 0 Å². The monoisotopic (exact) mass is 284 g/mol. The van der Waals surface area contributed by atoms with Gasteiger partial charge in [0.25, 0.3) is 0 Å². The molecule has 0 amide bonds. The molecule has 0 aromatic rings. The average Bonchev–Trinajstić information content (AvgIpc) is 2.83. The van der Waals surface area contributed by atoms with Crippen LogP contribution in [0.2, 0.25) is 0 Å². The van der Waals surface area contributed by atoms with E-state index in [0.29, 0.717) is 11.2 Å². The molecule has 0 heterocycles. The Morgan fingerprint density at radius 3 is 2.90 bits per heavy atom. The van der Waals surface area contributed by atoms with E-state index in [0.717, 1.165) is 37.0 Å². The zero-order chi connectivity index (χ0) is 14.6. The molecule has 4 rings (SSSR count). The van der Waals surface area contributed by atoms with Crippen molar-refractivity contribution in [2.75, 3.05) is 0 Å². The van der Waals surface area contributed by atoms with Gasteiger partial charge in [0.1, 0.15) is 5.78 Å². The van der Waals surface area contributed by atoms with Crippen LogP contribution in [0.5, 0.6) is 0 Å². The minimum Gasteiger partial charge on any atom is -0.299 e. The first kappa shape index (κ1) is 13.8. The van der Waals surface area contributed by atoms with Crippen LogP contribution in [0.3, 0.4) is 0 Å². The molecule has 4 unspecified atom stereocenters. The lowest BCUT2D eigenvalue weighted by atomic mass is 9.53. The lowest BCUT2D eigenvalue weighted by Gasteiger charge is -2.51. The molecule has 0 aromatic heterocycles. The van der Waals surface area contributed by atoms with Crippen LogP contribution in [0.15, 0.2) is 22.8 Å². The Morgan fingerprint density at radius 1 is 1.24 bits per heavy atom. The van der Waals surface area contributed by atoms with E-state index in [1.165, 1.54) is 38.5 Å². The summed E-state index contributed by atoms with van der Waals surface area (Å²) < 4.78 is 0. The minimum atomic E-state index is 0.489. The molecular weight excluding hydrogens is 256 g/mol. The van der Waals surface area contributed by atoms with Crippen molar-refractivity contribution in [1.29, 1.82) is 0 Å². The Hall–Kier alpha value is -0.850. The molecule has 1 saturated carbocycles. The van der Waals surface area contributed by atoms with Gasteiger partial charge in [0.2, 0.25) is 0 Å². The van der Waals surface area contributed by atoms with Gasteiger partial charge < -0.3 is 0 Å². The maximum absolute atomic E-state index is 11.8. The van der Waals surface area contributed by atoms with Crippen LogP contribution < -0.4 is 0 Å². The maximum Gasteiger partial charge on any atom is 0.137 e. The van der Waals surface area contributed by atoms with E-state index in [9.17, 15) is 4.79 Å². The van der Waals surface area contributed by atoms with Crippen molar-refractivity contribution >= 4 is 5.78 Å². The van der Waals surface area contributed by atoms with Gasteiger partial charge in [0.15, 0.2) is 0 Å². The van der Waals surface area contributed by atoms with Gasteiger partial charge in [-0.25, -0.2) is 0 Å². The molecule has 1 heteroatoms. The van der Waals surface area contributed by atoms with Gasteiger partial charge in [-0.2, -0.15) is 0 Å². The molecule has 0 radical (unpaired) electrons. The molecule has 0 aliphatic heterocycles. The number of ketones is 1. The first-order valence-corrected chi connectivity index (χ1v) is 9.05. The highest BCUT2D eigenvalue weighted by molar-refractivity contribution is 5.82. The van der Waals surface area contributed by atoms with Gasteiger partial charge in [0.05, 0.1) is 0 Å². The highest BCUT2D eigenvalue weighted by atomic mass is 16.1. The molecule has 1 fully saturated rings. The summed E-state index contributed by atoms with van der Waals surface area (Å²) in [6.45, 7) is 4.88. The van der Waals surface area contributed by atoms with Crippen LogP contribution in [0.25, 0.3) is 0 Å². The van der Waals surface area contributed by atoms with Gasteiger partial charge >= 0.3 is 0 Å². The molecule has 114 valence electrons. The number of rotatable bonds is 1. The molecule has 0 spiro atoms. The van der Waals surface area contributed by atoms with E-state index in [-0.39, 0.29) is 0 Å². The van der Waals surface area contributed by atoms with Crippen molar-refractivity contribution in [3.63, 3.8) is 0 Å². The third-order valence-electron chi connectivity index (χ3n) is 7.32. The number of hydrogen-bond acceptors (Lipinski definition) is 1. The Morgan fingerprint density at radius 2 is 2.10 bits per heavy atom. The molecule has 0 saturated heterocycles. The number of fused-ring (bicyclic) bond motifs is 4. The first-order valence-electron chi connectivity index (χ1n) is 9.05. The topological polar surface area (TPSA) is 17.1 Å². The predicted molar refractivity (Wildman–Crippen MR) is 85.9 cm³/mol. The van der Waals surface area contributed by atoms with Crippen LogP contribution >= 0.6 is 0 Å². The van der Waals surface area contributed by atoms with E-state index in [1.54, 1.807) is 16.7 Å². The second-order valence-corrected chi connectivity index (χ2v) is 8.03. The summed E-state index contributed by atoms with van der Waals surface area (Å²) in [7, 11) is 0. The molecule has 4 aliphatic carbocycles. The summed E-state index contributed by atoms with van der Waals surface area (Å²) in [6.07, 6.45) is 13.2. The van der Waals surface area contributed by atoms with Crippen LogP contribution in [-0.4, -0.2) is 5.78 Å². The summed E-state index contributed by atoms with van der Waals surface area (Å²) in [4.78, 5) is 11.8. The minimum absolute atomic E-state index is 0.489. The number of carbonyl (C=O) groups excluding carboxylic acids is 1. The second-order valence-electron chi connectivity index (χ2n) is 8.03. The summed E-state index contributed by atoms with van der Waals surface area (Å²) >= 11 is 0.